The molecule has 0 aliphatic carbocycles. The van der Waals surface area contributed by atoms with E-state index in [2.05, 4.69) is 40.3 Å². The SMILES string of the molecule is CCC(NCc1ccc([N+](=O)[O-])cc1)c1cccc(Br)c1. The maximum absolute atomic E-state index is 10.6. The van der Waals surface area contributed by atoms with Crippen LogP contribution in [0, 0.1) is 10.1 Å². The Hall–Kier alpha value is -1.72. The minimum absolute atomic E-state index is 0.123. The molecular formula is C16H17BrN2O2. The lowest BCUT2D eigenvalue weighted by Gasteiger charge is -2.17. The lowest BCUT2D eigenvalue weighted by atomic mass is 10.0. The van der Waals surface area contributed by atoms with Gasteiger partial charge in [-0.2, -0.15) is 0 Å². The van der Waals surface area contributed by atoms with Crippen molar-refractivity contribution < 1.29 is 4.92 Å². The van der Waals surface area contributed by atoms with Crippen molar-refractivity contribution in [2.24, 2.45) is 0 Å². The van der Waals surface area contributed by atoms with Crippen molar-refractivity contribution in [3.8, 4) is 0 Å². The molecule has 1 atom stereocenters. The van der Waals surface area contributed by atoms with Crippen LogP contribution in [-0.2, 0) is 6.54 Å². The van der Waals surface area contributed by atoms with Crippen molar-refractivity contribution in [2.75, 3.05) is 0 Å². The van der Waals surface area contributed by atoms with E-state index < -0.39 is 0 Å². The van der Waals surface area contributed by atoms with Gasteiger partial charge in [-0.05, 0) is 29.7 Å². The summed E-state index contributed by atoms with van der Waals surface area (Å²) >= 11 is 3.49. The summed E-state index contributed by atoms with van der Waals surface area (Å²) in [5, 5.41) is 14.1. The Morgan fingerprint density at radius 2 is 1.95 bits per heavy atom. The largest absolute Gasteiger partial charge is 0.306 e. The molecule has 2 aromatic rings. The van der Waals surface area contributed by atoms with Crippen molar-refractivity contribution >= 4 is 21.6 Å². The number of hydrogen-bond acceptors (Lipinski definition) is 3. The van der Waals surface area contributed by atoms with E-state index in [0.717, 1.165) is 16.5 Å². The van der Waals surface area contributed by atoms with Crippen LogP contribution in [0.4, 0.5) is 5.69 Å². The molecule has 0 aliphatic rings. The molecule has 110 valence electrons. The monoisotopic (exact) mass is 348 g/mol. The number of halogens is 1. The third kappa shape index (κ3) is 4.37. The van der Waals surface area contributed by atoms with Gasteiger partial charge in [0.25, 0.3) is 5.69 Å². The van der Waals surface area contributed by atoms with E-state index in [0.29, 0.717) is 6.54 Å². The molecule has 1 N–H and O–H groups in total. The number of nitro benzene ring substituents is 1. The summed E-state index contributed by atoms with van der Waals surface area (Å²) in [6.45, 7) is 2.82. The average molecular weight is 349 g/mol. The molecule has 0 bridgehead atoms. The van der Waals surface area contributed by atoms with E-state index in [-0.39, 0.29) is 16.7 Å². The Bertz CT molecular complexity index is 614. The summed E-state index contributed by atoms with van der Waals surface area (Å²) in [5.41, 5.74) is 2.39. The van der Waals surface area contributed by atoms with E-state index in [1.165, 1.54) is 17.7 Å². The highest BCUT2D eigenvalue weighted by Gasteiger charge is 2.09. The summed E-state index contributed by atoms with van der Waals surface area (Å²) in [6.07, 6.45) is 0.976. The predicted octanol–water partition coefficient (Wildman–Crippen LogP) is 4.60. The molecule has 0 aromatic heterocycles. The van der Waals surface area contributed by atoms with Crippen molar-refractivity contribution in [2.45, 2.75) is 25.9 Å². The number of hydrogen-bond donors (Lipinski definition) is 1. The van der Waals surface area contributed by atoms with Crippen LogP contribution in [0.1, 0.15) is 30.5 Å². The minimum atomic E-state index is -0.381. The lowest BCUT2D eigenvalue weighted by molar-refractivity contribution is -0.384. The van der Waals surface area contributed by atoms with Crippen LogP contribution in [0.5, 0.6) is 0 Å². The first-order chi connectivity index (χ1) is 10.1. The number of rotatable bonds is 6. The molecule has 0 amide bonds. The first-order valence-electron chi connectivity index (χ1n) is 6.82. The second-order valence-corrected chi connectivity index (χ2v) is 5.74. The smallest absolute Gasteiger partial charge is 0.269 e. The van der Waals surface area contributed by atoms with Crippen LogP contribution in [-0.4, -0.2) is 4.92 Å². The van der Waals surface area contributed by atoms with E-state index in [1.54, 1.807) is 12.1 Å². The second-order valence-electron chi connectivity index (χ2n) is 4.82. The summed E-state index contributed by atoms with van der Waals surface area (Å²) in [6, 6.07) is 15.2. The van der Waals surface area contributed by atoms with Gasteiger partial charge in [-0.25, -0.2) is 0 Å². The van der Waals surface area contributed by atoms with Crippen LogP contribution >= 0.6 is 15.9 Å². The summed E-state index contributed by atoms with van der Waals surface area (Å²) < 4.78 is 1.07. The maximum Gasteiger partial charge on any atom is 0.269 e. The van der Waals surface area contributed by atoms with Gasteiger partial charge < -0.3 is 5.32 Å². The zero-order valence-corrected chi connectivity index (χ0v) is 13.3. The number of benzene rings is 2. The first kappa shape index (κ1) is 15.7. The standard InChI is InChI=1S/C16H17BrN2O2/c1-2-16(13-4-3-5-14(17)10-13)18-11-12-6-8-15(9-7-12)19(20)21/h3-10,16,18H,2,11H2,1H3. The molecule has 0 spiro atoms. The number of nitrogens with one attached hydrogen (secondary N) is 1. The number of non-ortho nitro benzene ring substituents is 1. The molecular weight excluding hydrogens is 332 g/mol. The van der Waals surface area contributed by atoms with Gasteiger partial charge in [0.15, 0.2) is 0 Å². The molecule has 0 fully saturated rings. The van der Waals surface area contributed by atoms with Gasteiger partial charge in [-0.15, -0.1) is 0 Å². The normalized spacial score (nSPS) is 12.1. The summed E-state index contributed by atoms with van der Waals surface area (Å²) in [7, 11) is 0. The maximum atomic E-state index is 10.6. The number of nitro groups is 1. The fraction of sp³-hybridized carbons (Fsp3) is 0.250. The van der Waals surface area contributed by atoms with Gasteiger partial charge in [-0.1, -0.05) is 47.1 Å². The van der Waals surface area contributed by atoms with Gasteiger partial charge >= 0.3 is 0 Å². The zero-order chi connectivity index (χ0) is 15.2. The van der Waals surface area contributed by atoms with Crippen LogP contribution in [0.25, 0.3) is 0 Å². The van der Waals surface area contributed by atoms with E-state index in [1.807, 2.05) is 12.1 Å². The van der Waals surface area contributed by atoms with Gasteiger partial charge in [0.05, 0.1) is 4.92 Å². The Morgan fingerprint density at radius 1 is 1.24 bits per heavy atom. The second kappa shape index (κ2) is 7.33. The molecule has 0 aliphatic heterocycles. The fourth-order valence-electron chi connectivity index (χ4n) is 2.20. The quantitative estimate of drug-likeness (QED) is 0.613. The lowest BCUT2D eigenvalue weighted by Crippen LogP contribution is -2.20. The van der Waals surface area contributed by atoms with Crippen LogP contribution in [0.2, 0.25) is 0 Å². The highest BCUT2D eigenvalue weighted by atomic mass is 79.9. The molecule has 0 saturated carbocycles. The minimum Gasteiger partial charge on any atom is -0.306 e. The van der Waals surface area contributed by atoms with E-state index in [4.69, 9.17) is 0 Å². The molecule has 21 heavy (non-hydrogen) atoms. The Balaban J connectivity index is 2.01. The molecule has 0 heterocycles. The zero-order valence-electron chi connectivity index (χ0n) is 11.8. The van der Waals surface area contributed by atoms with Gasteiger partial charge in [0, 0.05) is 29.2 Å². The molecule has 0 saturated heterocycles. The Kier molecular flexibility index (Phi) is 5.47. The average Bonchev–Trinajstić information content (AvgIpc) is 2.48. The third-order valence-corrected chi connectivity index (χ3v) is 3.85. The summed E-state index contributed by atoms with van der Waals surface area (Å²) in [5.74, 6) is 0. The van der Waals surface area contributed by atoms with Crippen molar-refractivity contribution in [1.29, 1.82) is 0 Å². The molecule has 4 nitrogen and oxygen atoms in total. The Labute approximate surface area is 132 Å². The van der Waals surface area contributed by atoms with Gasteiger partial charge in [-0.3, -0.25) is 10.1 Å². The predicted molar refractivity (Wildman–Crippen MR) is 87.1 cm³/mol. The fourth-order valence-corrected chi connectivity index (χ4v) is 2.61. The Morgan fingerprint density at radius 3 is 2.52 bits per heavy atom. The molecule has 1 unspecified atom stereocenters. The highest BCUT2D eigenvalue weighted by molar-refractivity contribution is 9.10. The van der Waals surface area contributed by atoms with Crippen molar-refractivity contribution in [3.63, 3.8) is 0 Å². The van der Waals surface area contributed by atoms with Crippen LogP contribution < -0.4 is 5.32 Å². The summed E-state index contributed by atoms with van der Waals surface area (Å²) in [4.78, 5) is 10.2. The molecule has 5 heteroatoms. The van der Waals surface area contributed by atoms with Gasteiger partial charge in [0.1, 0.15) is 0 Å². The third-order valence-electron chi connectivity index (χ3n) is 3.36. The van der Waals surface area contributed by atoms with Crippen molar-refractivity contribution in [1.82, 2.24) is 5.32 Å². The van der Waals surface area contributed by atoms with Crippen LogP contribution in [0.3, 0.4) is 0 Å². The van der Waals surface area contributed by atoms with Crippen LogP contribution in [0.15, 0.2) is 53.0 Å². The van der Waals surface area contributed by atoms with Crippen molar-refractivity contribution in [3.05, 3.63) is 74.2 Å². The molecule has 2 aromatic carbocycles. The number of nitrogens with zero attached hydrogens (tertiary/aromatic N) is 1. The molecule has 2 rings (SSSR count). The van der Waals surface area contributed by atoms with E-state index in [9.17, 15) is 10.1 Å². The first-order valence-corrected chi connectivity index (χ1v) is 7.61. The highest BCUT2D eigenvalue weighted by Crippen LogP contribution is 2.21. The van der Waals surface area contributed by atoms with E-state index >= 15 is 0 Å². The topological polar surface area (TPSA) is 55.2 Å². The molecule has 0 radical (unpaired) electrons. The van der Waals surface area contributed by atoms with Gasteiger partial charge in [0.2, 0.25) is 0 Å².